The summed E-state index contributed by atoms with van der Waals surface area (Å²) in [6.07, 6.45) is 1.23. The van der Waals surface area contributed by atoms with E-state index in [1.807, 2.05) is 0 Å². The van der Waals surface area contributed by atoms with Crippen molar-refractivity contribution in [3.63, 3.8) is 0 Å². The number of hydrogen-bond acceptors (Lipinski definition) is 6. The van der Waals surface area contributed by atoms with Crippen molar-refractivity contribution in [3.05, 3.63) is 67.6 Å². The largest absolute Gasteiger partial charge is 0.478 e. The highest BCUT2D eigenvalue weighted by atomic mass is 35.5. The van der Waals surface area contributed by atoms with Crippen molar-refractivity contribution in [2.75, 3.05) is 0 Å². The fourth-order valence-corrected chi connectivity index (χ4v) is 3.12. The predicted molar refractivity (Wildman–Crippen MR) is 107 cm³/mol. The Labute approximate surface area is 188 Å². The average molecular weight is 494 g/mol. The molecule has 12 heteroatoms. The van der Waals surface area contributed by atoms with Crippen molar-refractivity contribution in [2.45, 2.75) is 0 Å². The summed E-state index contributed by atoms with van der Waals surface area (Å²) in [4.78, 5) is 46.4. The van der Waals surface area contributed by atoms with Gasteiger partial charge in [0, 0.05) is 22.2 Å². The highest BCUT2D eigenvalue weighted by Crippen LogP contribution is 2.34. The van der Waals surface area contributed by atoms with Crippen LogP contribution in [0.4, 0.5) is 0 Å². The molecule has 2 rings (SSSR count). The predicted octanol–water partition coefficient (Wildman–Crippen LogP) is 4.76. The van der Waals surface area contributed by atoms with Gasteiger partial charge >= 0.3 is 23.9 Å². The number of rotatable bonds is 6. The maximum Gasteiger partial charge on any atom is 0.339 e. The van der Waals surface area contributed by atoms with Crippen molar-refractivity contribution in [2.24, 2.45) is 0 Å². The summed E-state index contributed by atoms with van der Waals surface area (Å²) >= 11 is 23.1. The molecule has 2 aromatic carbocycles. The summed E-state index contributed by atoms with van der Waals surface area (Å²) in [6.45, 7) is 0. The molecule has 0 bridgehead atoms. The first-order valence-corrected chi connectivity index (χ1v) is 9.07. The Morgan fingerprint density at radius 3 is 1.30 bits per heavy atom. The number of halogens is 4. The van der Waals surface area contributed by atoms with Crippen molar-refractivity contribution in [1.82, 2.24) is 0 Å². The molecule has 30 heavy (non-hydrogen) atoms. The number of carboxylic acid groups (broad SMARTS) is 2. The second-order valence-corrected chi connectivity index (χ2v) is 7.00. The molecule has 0 heterocycles. The normalized spacial score (nSPS) is 10.7. The lowest BCUT2D eigenvalue weighted by atomic mass is 10.2. The van der Waals surface area contributed by atoms with Gasteiger partial charge in [-0.25, -0.2) is 19.2 Å². The Hall–Kier alpha value is -2.78. The second-order valence-electron chi connectivity index (χ2n) is 5.31. The van der Waals surface area contributed by atoms with Crippen LogP contribution in [0.15, 0.2) is 36.4 Å². The first-order valence-electron chi connectivity index (χ1n) is 7.56. The van der Waals surface area contributed by atoms with Gasteiger partial charge in [0.25, 0.3) is 0 Å². The number of benzene rings is 2. The van der Waals surface area contributed by atoms with Gasteiger partial charge in [-0.1, -0.05) is 46.4 Å². The zero-order chi connectivity index (χ0) is 22.6. The van der Waals surface area contributed by atoms with Gasteiger partial charge in [0.2, 0.25) is 0 Å². The van der Waals surface area contributed by atoms with E-state index in [-0.39, 0.29) is 20.1 Å². The summed E-state index contributed by atoms with van der Waals surface area (Å²) in [7, 11) is 0. The summed E-state index contributed by atoms with van der Waals surface area (Å²) in [5, 5.41) is 17.8. The molecule has 0 aromatic heterocycles. The number of esters is 2. The van der Waals surface area contributed by atoms with E-state index in [0.29, 0.717) is 12.2 Å². The quantitative estimate of drug-likeness (QED) is 0.334. The molecule has 156 valence electrons. The summed E-state index contributed by atoms with van der Waals surface area (Å²) in [5.41, 5.74) is -0.952. The molecule has 0 unspecified atom stereocenters. The second kappa shape index (κ2) is 9.82. The highest BCUT2D eigenvalue weighted by Gasteiger charge is 2.20. The van der Waals surface area contributed by atoms with Crippen LogP contribution in [0.25, 0.3) is 0 Å². The van der Waals surface area contributed by atoms with E-state index in [2.05, 4.69) is 0 Å². The van der Waals surface area contributed by atoms with Gasteiger partial charge in [0.05, 0.1) is 10.0 Å². The van der Waals surface area contributed by atoms with Crippen LogP contribution in [-0.4, -0.2) is 34.1 Å². The zero-order valence-electron chi connectivity index (χ0n) is 14.3. The molecule has 0 aliphatic carbocycles. The number of carbonyl (C=O) groups is 4. The molecule has 0 saturated heterocycles. The monoisotopic (exact) mass is 492 g/mol. The molecule has 2 N–H and O–H groups in total. The SMILES string of the molecule is O=C(/C=C/C(=O)Oc1c(Cl)cc(Cl)cc1C(=O)O)Oc1c(Cl)cc(Cl)cc1C(=O)O. The molecule has 0 fully saturated rings. The van der Waals surface area contributed by atoms with Crippen molar-refractivity contribution in [1.29, 1.82) is 0 Å². The lowest BCUT2D eigenvalue weighted by Gasteiger charge is -2.09. The van der Waals surface area contributed by atoms with E-state index < -0.39 is 46.5 Å². The Bertz CT molecular complexity index is 1010. The Kier molecular flexibility index (Phi) is 7.69. The fraction of sp³-hybridized carbons (Fsp3) is 0. The Balaban J connectivity index is 2.19. The van der Waals surface area contributed by atoms with E-state index in [4.69, 9.17) is 66.1 Å². The third kappa shape index (κ3) is 5.87. The number of carboxylic acids is 2. The van der Waals surface area contributed by atoms with Crippen LogP contribution in [0.1, 0.15) is 20.7 Å². The molecule has 0 aliphatic heterocycles. The van der Waals surface area contributed by atoms with Crippen LogP contribution in [0, 0.1) is 0 Å². The van der Waals surface area contributed by atoms with Gasteiger partial charge in [-0.15, -0.1) is 0 Å². The Morgan fingerprint density at radius 1 is 0.667 bits per heavy atom. The highest BCUT2D eigenvalue weighted by molar-refractivity contribution is 6.37. The maximum absolute atomic E-state index is 11.9. The minimum atomic E-state index is -1.45. The number of aromatic carboxylic acids is 2. The van der Waals surface area contributed by atoms with Crippen molar-refractivity contribution < 1.29 is 38.9 Å². The molecule has 0 saturated carbocycles. The van der Waals surface area contributed by atoms with E-state index in [9.17, 15) is 19.2 Å². The van der Waals surface area contributed by atoms with Crippen molar-refractivity contribution >= 4 is 70.3 Å². The van der Waals surface area contributed by atoms with Crippen LogP contribution in [0.5, 0.6) is 11.5 Å². The molecular formula is C18H8Cl4O8. The first-order chi connectivity index (χ1) is 14.0. The summed E-state index contributed by atoms with van der Waals surface area (Å²) in [6, 6.07) is 4.36. The van der Waals surface area contributed by atoms with Crippen molar-refractivity contribution in [3.8, 4) is 11.5 Å². The van der Waals surface area contributed by atoms with Crippen LogP contribution in [0.3, 0.4) is 0 Å². The molecule has 2 aromatic rings. The van der Waals surface area contributed by atoms with E-state index >= 15 is 0 Å². The van der Waals surface area contributed by atoms with Gasteiger partial charge in [-0.05, 0) is 24.3 Å². The number of carbonyl (C=O) groups excluding carboxylic acids is 2. The maximum atomic E-state index is 11.9. The van der Waals surface area contributed by atoms with Gasteiger partial charge in [-0.2, -0.15) is 0 Å². The van der Waals surface area contributed by atoms with Gasteiger partial charge in [0.15, 0.2) is 11.5 Å². The van der Waals surface area contributed by atoms with Gasteiger partial charge < -0.3 is 19.7 Å². The molecule has 0 radical (unpaired) electrons. The lowest BCUT2D eigenvalue weighted by molar-refractivity contribution is -0.131. The van der Waals surface area contributed by atoms with Crippen LogP contribution >= 0.6 is 46.4 Å². The molecule has 0 aliphatic rings. The fourth-order valence-electron chi connectivity index (χ4n) is 2.05. The van der Waals surface area contributed by atoms with Gasteiger partial charge in [0.1, 0.15) is 11.1 Å². The summed E-state index contributed by atoms with van der Waals surface area (Å²) in [5.74, 6) is -6.21. The third-order valence-electron chi connectivity index (χ3n) is 3.24. The lowest BCUT2D eigenvalue weighted by Crippen LogP contribution is -2.12. The zero-order valence-corrected chi connectivity index (χ0v) is 17.3. The first kappa shape index (κ1) is 23.5. The molecule has 0 amide bonds. The average Bonchev–Trinajstić information content (AvgIpc) is 2.63. The molecule has 0 atom stereocenters. The van der Waals surface area contributed by atoms with Crippen LogP contribution < -0.4 is 9.47 Å². The number of ether oxygens (including phenoxy) is 2. The minimum absolute atomic E-state index is 0.00500. The smallest absolute Gasteiger partial charge is 0.339 e. The third-order valence-corrected chi connectivity index (χ3v) is 4.24. The molecule has 8 nitrogen and oxygen atoms in total. The van der Waals surface area contributed by atoms with E-state index in [1.165, 1.54) is 0 Å². The standard InChI is InChI=1S/C18H8Cl4O8/c19-7-3-9(17(25)26)15(11(21)5-7)29-13(23)1-2-14(24)30-16-10(18(27)28)4-8(20)6-12(16)22/h1-6H,(H,25,26)(H,27,28)/b2-1+. The van der Waals surface area contributed by atoms with E-state index in [0.717, 1.165) is 24.3 Å². The molecular weight excluding hydrogens is 486 g/mol. The topological polar surface area (TPSA) is 127 Å². The number of hydrogen-bond donors (Lipinski definition) is 2. The van der Waals surface area contributed by atoms with Crippen LogP contribution in [0.2, 0.25) is 20.1 Å². The molecule has 0 spiro atoms. The van der Waals surface area contributed by atoms with E-state index in [1.54, 1.807) is 0 Å². The van der Waals surface area contributed by atoms with Gasteiger partial charge in [-0.3, -0.25) is 0 Å². The summed E-state index contributed by atoms with van der Waals surface area (Å²) < 4.78 is 9.70. The minimum Gasteiger partial charge on any atom is -0.478 e. The Morgan fingerprint density at radius 2 is 1.00 bits per heavy atom. The van der Waals surface area contributed by atoms with Crippen LogP contribution in [-0.2, 0) is 9.59 Å².